The summed E-state index contributed by atoms with van der Waals surface area (Å²) in [6.07, 6.45) is 6.24. The van der Waals surface area contributed by atoms with E-state index in [4.69, 9.17) is 5.73 Å². The topological polar surface area (TPSA) is 75.0 Å². The van der Waals surface area contributed by atoms with Gasteiger partial charge in [0.15, 0.2) is 0 Å². The summed E-state index contributed by atoms with van der Waals surface area (Å²) in [6, 6.07) is 0. The molecule has 3 N–H and O–H groups in total. The molecule has 0 amide bonds. The zero-order chi connectivity index (χ0) is 11.8. The van der Waals surface area contributed by atoms with E-state index < -0.39 is 0 Å². The van der Waals surface area contributed by atoms with Crippen molar-refractivity contribution in [2.24, 2.45) is 0 Å². The molecule has 0 unspecified atom stereocenters. The second kappa shape index (κ2) is 3.91. The van der Waals surface area contributed by atoms with Crippen molar-refractivity contribution in [3.8, 4) is 0 Å². The summed E-state index contributed by atoms with van der Waals surface area (Å²) in [7, 11) is 0. The van der Waals surface area contributed by atoms with Gasteiger partial charge in [-0.05, 0) is 31.8 Å². The first kappa shape index (κ1) is 10.4. The summed E-state index contributed by atoms with van der Waals surface area (Å²) in [5.74, 6) is 0.202. The van der Waals surface area contributed by atoms with Crippen molar-refractivity contribution in [2.45, 2.75) is 25.7 Å². The average molecular weight is 232 g/mol. The molecule has 1 aromatic rings. The molecule has 1 aliphatic carbocycles. The zero-order valence-electron chi connectivity index (χ0n) is 9.70. The molecule has 1 aromatic heterocycles. The summed E-state index contributed by atoms with van der Waals surface area (Å²) >= 11 is 0. The highest BCUT2D eigenvalue weighted by molar-refractivity contribution is 5.56. The molecule has 1 aliphatic heterocycles. The number of hydrogen-bond acceptors (Lipinski definition) is 4. The number of nitrogens with two attached hydrogens (primary N) is 1. The van der Waals surface area contributed by atoms with Gasteiger partial charge in [-0.15, -0.1) is 0 Å². The third-order valence-electron chi connectivity index (χ3n) is 3.51. The molecular formula is C12H16N4O. The van der Waals surface area contributed by atoms with Crippen molar-refractivity contribution >= 4 is 12.0 Å². The Labute approximate surface area is 99.4 Å². The van der Waals surface area contributed by atoms with Crippen molar-refractivity contribution in [1.29, 1.82) is 0 Å². The number of hydrogen-bond donors (Lipinski definition) is 2. The third-order valence-corrected chi connectivity index (χ3v) is 3.51. The fourth-order valence-corrected chi connectivity index (χ4v) is 2.63. The van der Waals surface area contributed by atoms with Gasteiger partial charge in [-0.1, -0.05) is 0 Å². The fourth-order valence-electron chi connectivity index (χ4n) is 2.63. The molecule has 1 fully saturated rings. The van der Waals surface area contributed by atoms with Crippen LogP contribution in [0.1, 0.15) is 30.5 Å². The SMILES string of the molecule is Nc1nc2c(c(=O)[nH]1)CCC(N1CCCC1)=C2. The highest BCUT2D eigenvalue weighted by Crippen LogP contribution is 2.25. The van der Waals surface area contributed by atoms with E-state index in [-0.39, 0.29) is 11.5 Å². The number of H-pyrrole nitrogens is 1. The van der Waals surface area contributed by atoms with Gasteiger partial charge in [-0.3, -0.25) is 9.78 Å². The number of nitrogen functional groups attached to an aromatic ring is 1. The maximum atomic E-state index is 11.7. The summed E-state index contributed by atoms with van der Waals surface area (Å²) in [4.78, 5) is 20.9. The van der Waals surface area contributed by atoms with Gasteiger partial charge in [-0.25, -0.2) is 4.98 Å². The molecule has 0 bridgehead atoms. The lowest BCUT2D eigenvalue weighted by Crippen LogP contribution is -2.25. The van der Waals surface area contributed by atoms with Crippen molar-refractivity contribution in [3.05, 3.63) is 27.3 Å². The number of nitrogens with zero attached hydrogens (tertiary/aromatic N) is 2. The second-order valence-electron chi connectivity index (χ2n) is 4.64. The maximum Gasteiger partial charge on any atom is 0.256 e. The average Bonchev–Trinajstić information content (AvgIpc) is 2.81. The van der Waals surface area contributed by atoms with E-state index in [1.54, 1.807) is 0 Å². The molecule has 0 atom stereocenters. The molecule has 1 saturated heterocycles. The Balaban J connectivity index is 2.01. The van der Waals surface area contributed by atoms with E-state index in [0.29, 0.717) is 0 Å². The minimum absolute atomic E-state index is 0.0933. The number of aromatic amines is 1. The minimum Gasteiger partial charge on any atom is -0.375 e. The van der Waals surface area contributed by atoms with E-state index in [1.165, 1.54) is 18.5 Å². The zero-order valence-corrected chi connectivity index (χ0v) is 9.70. The van der Waals surface area contributed by atoms with Crippen LogP contribution in [0.25, 0.3) is 6.08 Å². The van der Waals surface area contributed by atoms with Gasteiger partial charge < -0.3 is 10.6 Å². The van der Waals surface area contributed by atoms with E-state index in [2.05, 4.69) is 14.9 Å². The molecule has 2 heterocycles. The summed E-state index contributed by atoms with van der Waals surface area (Å²) in [5, 5.41) is 0. The lowest BCUT2D eigenvalue weighted by molar-refractivity contribution is 0.410. The summed E-state index contributed by atoms with van der Waals surface area (Å²) in [6.45, 7) is 2.25. The number of allylic oxidation sites excluding steroid dienone is 1. The van der Waals surface area contributed by atoms with Gasteiger partial charge in [-0.2, -0.15) is 0 Å². The Kier molecular flexibility index (Phi) is 2.39. The number of anilines is 1. The normalized spacial score (nSPS) is 19.1. The molecule has 3 rings (SSSR count). The first-order chi connectivity index (χ1) is 8.24. The molecule has 0 saturated carbocycles. The Morgan fingerprint density at radius 1 is 1.29 bits per heavy atom. The van der Waals surface area contributed by atoms with Crippen LogP contribution in [0, 0.1) is 0 Å². The highest BCUT2D eigenvalue weighted by atomic mass is 16.1. The fraction of sp³-hybridized carbons (Fsp3) is 0.500. The molecule has 90 valence electrons. The molecule has 17 heavy (non-hydrogen) atoms. The highest BCUT2D eigenvalue weighted by Gasteiger charge is 2.21. The molecule has 0 spiro atoms. The van der Waals surface area contributed by atoms with Gasteiger partial charge in [0.2, 0.25) is 5.95 Å². The van der Waals surface area contributed by atoms with E-state index in [9.17, 15) is 4.79 Å². The minimum atomic E-state index is -0.0933. The van der Waals surface area contributed by atoms with Crippen LogP contribution >= 0.6 is 0 Å². The molecule has 5 nitrogen and oxygen atoms in total. The molecule has 2 aliphatic rings. The Morgan fingerprint density at radius 3 is 2.82 bits per heavy atom. The largest absolute Gasteiger partial charge is 0.375 e. The summed E-state index contributed by atoms with van der Waals surface area (Å²) < 4.78 is 0. The Bertz CT molecular complexity index is 526. The van der Waals surface area contributed by atoms with Crippen molar-refractivity contribution < 1.29 is 0 Å². The molecule has 0 radical (unpaired) electrons. The Morgan fingerprint density at radius 2 is 2.06 bits per heavy atom. The molecule has 5 heteroatoms. The lowest BCUT2D eigenvalue weighted by atomic mass is 10.0. The van der Waals surface area contributed by atoms with Gasteiger partial charge in [0.05, 0.1) is 5.69 Å². The maximum absolute atomic E-state index is 11.7. The van der Waals surface area contributed by atoms with E-state index in [1.807, 2.05) is 6.08 Å². The van der Waals surface area contributed by atoms with Crippen LogP contribution in [0.2, 0.25) is 0 Å². The standard InChI is InChI=1S/C12H16N4O/c13-12-14-10-7-8(16-5-1-2-6-16)3-4-9(10)11(17)15-12/h7H,1-6H2,(H3,13,14,15,17). The van der Waals surface area contributed by atoms with E-state index in [0.717, 1.165) is 37.2 Å². The summed E-state index contributed by atoms with van der Waals surface area (Å²) in [5.41, 5.74) is 8.29. The number of rotatable bonds is 1. The van der Waals surface area contributed by atoms with Gasteiger partial charge >= 0.3 is 0 Å². The van der Waals surface area contributed by atoms with Crippen LogP contribution in [-0.4, -0.2) is 28.0 Å². The van der Waals surface area contributed by atoms with E-state index >= 15 is 0 Å². The predicted molar refractivity (Wildman–Crippen MR) is 66.4 cm³/mol. The van der Waals surface area contributed by atoms with Crippen LogP contribution in [0.4, 0.5) is 5.95 Å². The monoisotopic (exact) mass is 232 g/mol. The van der Waals surface area contributed by atoms with Crippen molar-refractivity contribution in [3.63, 3.8) is 0 Å². The number of likely N-dealkylation sites (tertiary alicyclic amines) is 1. The quantitative estimate of drug-likeness (QED) is 0.748. The predicted octanol–water partition coefficient (Wildman–Crippen LogP) is 0.735. The molecular weight excluding hydrogens is 216 g/mol. The van der Waals surface area contributed by atoms with Crippen LogP contribution in [0.15, 0.2) is 10.5 Å². The second-order valence-corrected chi connectivity index (χ2v) is 4.64. The first-order valence-electron chi connectivity index (χ1n) is 6.08. The van der Waals surface area contributed by atoms with Crippen LogP contribution < -0.4 is 11.3 Å². The molecule has 0 aromatic carbocycles. The van der Waals surface area contributed by atoms with Crippen molar-refractivity contribution in [2.75, 3.05) is 18.8 Å². The van der Waals surface area contributed by atoms with Crippen molar-refractivity contribution in [1.82, 2.24) is 14.9 Å². The smallest absolute Gasteiger partial charge is 0.256 e. The lowest BCUT2D eigenvalue weighted by Gasteiger charge is -2.24. The number of fused-ring (bicyclic) bond motifs is 1. The first-order valence-corrected chi connectivity index (χ1v) is 6.08. The van der Waals surface area contributed by atoms with Gasteiger partial charge in [0, 0.05) is 24.4 Å². The third kappa shape index (κ3) is 1.81. The van der Waals surface area contributed by atoms with Crippen LogP contribution in [0.3, 0.4) is 0 Å². The van der Waals surface area contributed by atoms with Crippen LogP contribution in [0.5, 0.6) is 0 Å². The Hall–Kier alpha value is -1.78. The van der Waals surface area contributed by atoms with Crippen LogP contribution in [-0.2, 0) is 6.42 Å². The number of aromatic nitrogens is 2. The van der Waals surface area contributed by atoms with Gasteiger partial charge in [0.1, 0.15) is 0 Å². The van der Waals surface area contributed by atoms with Gasteiger partial charge in [0.25, 0.3) is 5.56 Å². The number of nitrogens with one attached hydrogen (secondary N) is 1.